The number of amides is 1. The van der Waals surface area contributed by atoms with Gasteiger partial charge in [-0.25, -0.2) is 10.2 Å². The van der Waals surface area contributed by atoms with Gasteiger partial charge in [-0.05, 0) is 35.4 Å². The van der Waals surface area contributed by atoms with E-state index in [9.17, 15) is 19.7 Å². The summed E-state index contributed by atoms with van der Waals surface area (Å²) in [5.41, 5.74) is 3.87. The third kappa shape index (κ3) is 6.78. The monoisotopic (exact) mass is 497 g/mol. The van der Waals surface area contributed by atoms with E-state index in [1.807, 2.05) is 0 Å². The molecule has 0 saturated carbocycles. The second kappa shape index (κ2) is 11.6. The third-order valence-corrected chi connectivity index (χ3v) is 5.06. The second-order valence-electron chi connectivity index (χ2n) is 7.18. The molecule has 0 spiro atoms. The van der Waals surface area contributed by atoms with Crippen molar-refractivity contribution in [3.63, 3.8) is 0 Å². The van der Waals surface area contributed by atoms with Crippen molar-refractivity contribution in [3.8, 4) is 11.5 Å². The number of hydrazone groups is 1. The maximum atomic E-state index is 12.1. The Hall–Kier alpha value is -4.44. The lowest BCUT2D eigenvalue weighted by molar-refractivity contribution is -0.385. The zero-order valence-electron chi connectivity index (χ0n) is 18.4. The minimum atomic E-state index is -1.02. The summed E-state index contributed by atoms with van der Waals surface area (Å²) in [6.45, 7) is 0.130. The maximum Gasteiger partial charge on any atom is 0.335 e. The SMILES string of the molecule is COc1cc(/C=N/NC(=O)Cc2ccccc2[N+](=O)[O-])cc(Cl)c1OCc1ccc(C(=O)O)cc1. The van der Waals surface area contributed by atoms with Gasteiger partial charge in [0.1, 0.15) is 6.61 Å². The molecule has 35 heavy (non-hydrogen) atoms. The number of carboxylic acids is 1. The van der Waals surface area contributed by atoms with Gasteiger partial charge < -0.3 is 14.6 Å². The van der Waals surface area contributed by atoms with Crippen LogP contribution >= 0.6 is 11.6 Å². The number of ether oxygens (including phenoxy) is 2. The molecular weight excluding hydrogens is 478 g/mol. The van der Waals surface area contributed by atoms with Crippen LogP contribution in [0.15, 0.2) is 65.8 Å². The Morgan fingerprint density at radius 3 is 2.54 bits per heavy atom. The normalized spacial score (nSPS) is 10.7. The number of carboxylic acid groups (broad SMARTS) is 1. The molecule has 3 aromatic carbocycles. The topological polar surface area (TPSA) is 140 Å². The molecule has 0 heterocycles. The number of halogens is 1. The van der Waals surface area contributed by atoms with E-state index in [1.54, 1.807) is 30.3 Å². The number of hydrogen-bond donors (Lipinski definition) is 2. The van der Waals surface area contributed by atoms with Crippen molar-refractivity contribution in [2.75, 3.05) is 7.11 Å². The first-order chi connectivity index (χ1) is 16.8. The van der Waals surface area contributed by atoms with Crippen LogP contribution in [0.25, 0.3) is 0 Å². The molecule has 0 fully saturated rings. The van der Waals surface area contributed by atoms with Gasteiger partial charge in [0.25, 0.3) is 5.69 Å². The highest BCUT2D eigenvalue weighted by Gasteiger charge is 2.15. The maximum absolute atomic E-state index is 12.1. The Morgan fingerprint density at radius 1 is 1.17 bits per heavy atom. The van der Waals surface area contributed by atoms with Gasteiger partial charge in [-0.15, -0.1) is 0 Å². The Balaban J connectivity index is 1.64. The number of nitrogens with zero attached hydrogens (tertiary/aromatic N) is 2. The van der Waals surface area contributed by atoms with Crippen LogP contribution in [0.4, 0.5) is 5.69 Å². The molecule has 0 saturated heterocycles. The molecule has 0 bridgehead atoms. The van der Waals surface area contributed by atoms with Crippen LogP contribution in [0, 0.1) is 10.1 Å². The van der Waals surface area contributed by atoms with Crippen molar-refractivity contribution in [2.24, 2.45) is 5.10 Å². The van der Waals surface area contributed by atoms with E-state index < -0.39 is 16.8 Å². The molecule has 10 nitrogen and oxygen atoms in total. The van der Waals surface area contributed by atoms with Crippen molar-refractivity contribution >= 4 is 35.4 Å². The van der Waals surface area contributed by atoms with Gasteiger partial charge in [-0.2, -0.15) is 5.10 Å². The van der Waals surface area contributed by atoms with E-state index in [1.165, 1.54) is 43.7 Å². The summed E-state index contributed by atoms with van der Waals surface area (Å²) in [6.07, 6.45) is 1.14. The average molecular weight is 498 g/mol. The molecule has 0 aliphatic rings. The second-order valence-corrected chi connectivity index (χ2v) is 7.59. The molecule has 3 aromatic rings. The summed E-state index contributed by atoms with van der Waals surface area (Å²) >= 11 is 6.35. The van der Waals surface area contributed by atoms with Gasteiger partial charge in [-0.3, -0.25) is 14.9 Å². The molecule has 1 amide bonds. The number of aromatic carboxylic acids is 1. The van der Waals surface area contributed by atoms with Crippen molar-refractivity contribution in [2.45, 2.75) is 13.0 Å². The number of rotatable bonds is 10. The van der Waals surface area contributed by atoms with Crippen molar-refractivity contribution < 1.29 is 29.1 Å². The first-order valence-electron chi connectivity index (χ1n) is 10.1. The Morgan fingerprint density at radius 2 is 1.89 bits per heavy atom. The Bertz CT molecular complexity index is 1280. The van der Waals surface area contributed by atoms with E-state index in [0.29, 0.717) is 11.3 Å². The molecule has 0 aromatic heterocycles. The predicted octanol–water partition coefficient (Wildman–Crippen LogP) is 4.23. The third-order valence-electron chi connectivity index (χ3n) is 4.78. The fourth-order valence-corrected chi connectivity index (χ4v) is 3.36. The molecule has 11 heteroatoms. The summed E-state index contributed by atoms with van der Waals surface area (Å²) in [5, 5.41) is 24.2. The number of methoxy groups -OCH3 is 1. The van der Waals surface area contributed by atoms with E-state index in [4.69, 9.17) is 26.2 Å². The molecule has 180 valence electrons. The largest absolute Gasteiger partial charge is 0.493 e. The number of nitro benzene ring substituents is 1. The van der Waals surface area contributed by atoms with Gasteiger partial charge in [-0.1, -0.05) is 41.9 Å². The minimum Gasteiger partial charge on any atom is -0.493 e. The van der Waals surface area contributed by atoms with Crippen LogP contribution in [-0.2, 0) is 17.8 Å². The summed E-state index contributed by atoms with van der Waals surface area (Å²) in [6, 6.07) is 15.4. The molecule has 3 rings (SSSR count). The van der Waals surface area contributed by atoms with Crippen LogP contribution in [0.2, 0.25) is 5.02 Å². The van der Waals surface area contributed by atoms with Gasteiger partial charge in [0.15, 0.2) is 11.5 Å². The highest BCUT2D eigenvalue weighted by Crippen LogP contribution is 2.36. The quantitative estimate of drug-likeness (QED) is 0.242. The zero-order valence-corrected chi connectivity index (χ0v) is 19.2. The highest BCUT2D eigenvalue weighted by molar-refractivity contribution is 6.32. The van der Waals surface area contributed by atoms with Gasteiger partial charge >= 0.3 is 5.97 Å². The molecule has 0 unspecified atom stereocenters. The Kier molecular flexibility index (Phi) is 8.36. The van der Waals surface area contributed by atoms with Crippen LogP contribution in [0.3, 0.4) is 0 Å². The molecular formula is C24H20ClN3O7. The molecule has 0 radical (unpaired) electrons. The number of carbonyl (C=O) groups excluding carboxylic acids is 1. The number of para-hydroxylation sites is 1. The van der Waals surface area contributed by atoms with Crippen molar-refractivity contribution in [3.05, 3.63) is 98.1 Å². The lowest BCUT2D eigenvalue weighted by Gasteiger charge is -2.13. The number of nitro groups is 1. The smallest absolute Gasteiger partial charge is 0.335 e. The molecule has 0 aliphatic carbocycles. The fourth-order valence-electron chi connectivity index (χ4n) is 3.08. The number of nitrogens with one attached hydrogen (secondary N) is 1. The van der Waals surface area contributed by atoms with Crippen LogP contribution in [0.1, 0.15) is 27.0 Å². The van der Waals surface area contributed by atoms with Gasteiger partial charge in [0.2, 0.25) is 5.91 Å². The lowest BCUT2D eigenvalue weighted by Crippen LogP contribution is -2.20. The van der Waals surface area contributed by atoms with Crippen LogP contribution < -0.4 is 14.9 Å². The van der Waals surface area contributed by atoms with Gasteiger partial charge in [0.05, 0.1) is 35.3 Å². The fraction of sp³-hybridized carbons (Fsp3) is 0.125. The summed E-state index contributed by atoms with van der Waals surface area (Å²) in [7, 11) is 1.44. The zero-order chi connectivity index (χ0) is 25.4. The van der Waals surface area contributed by atoms with E-state index >= 15 is 0 Å². The van der Waals surface area contributed by atoms with Crippen LogP contribution in [0.5, 0.6) is 11.5 Å². The predicted molar refractivity (Wildman–Crippen MR) is 128 cm³/mol. The number of hydrogen-bond acceptors (Lipinski definition) is 7. The Labute approximate surface area is 204 Å². The lowest BCUT2D eigenvalue weighted by atomic mass is 10.1. The standard InChI is InChI=1S/C24H20ClN3O7/c1-34-21-11-16(13-26-27-22(29)12-18-4-2-3-5-20(18)28(32)33)10-19(25)23(21)35-14-15-6-8-17(9-7-15)24(30)31/h2-11,13H,12,14H2,1H3,(H,27,29)(H,30,31)/b26-13+. The summed E-state index contributed by atoms with van der Waals surface area (Å²) < 4.78 is 11.1. The average Bonchev–Trinajstić information content (AvgIpc) is 2.83. The number of carbonyl (C=O) groups is 2. The van der Waals surface area contributed by atoms with Gasteiger partial charge in [0, 0.05) is 11.6 Å². The summed E-state index contributed by atoms with van der Waals surface area (Å²) in [4.78, 5) is 33.6. The van der Waals surface area contributed by atoms with E-state index in [2.05, 4.69) is 10.5 Å². The minimum absolute atomic E-state index is 0.130. The number of benzene rings is 3. The first kappa shape index (κ1) is 25.2. The van der Waals surface area contributed by atoms with E-state index in [-0.39, 0.29) is 40.6 Å². The molecule has 0 aliphatic heterocycles. The van der Waals surface area contributed by atoms with E-state index in [0.717, 1.165) is 5.56 Å². The highest BCUT2D eigenvalue weighted by atomic mass is 35.5. The molecule has 2 N–H and O–H groups in total. The summed E-state index contributed by atoms with van der Waals surface area (Å²) in [5.74, 6) is -0.930. The first-order valence-corrected chi connectivity index (χ1v) is 10.5. The molecule has 0 atom stereocenters. The van der Waals surface area contributed by atoms with Crippen LogP contribution in [-0.4, -0.2) is 35.2 Å². The van der Waals surface area contributed by atoms with Crippen molar-refractivity contribution in [1.29, 1.82) is 0 Å². The van der Waals surface area contributed by atoms with Crippen molar-refractivity contribution in [1.82, 2.24) is 5.43 Å².